The summed E-state index contributed by atoms with van der Waals surface area (Å²) in [5, 5.41) is 19.5. The van der Waals surface area contributed by atoms with Gasteiger partial charge in [0.15, 0.2) is 0 Å². The van der Waals surface area contributed by atoms with Crippen LogP contribution in [-0.2, 0) is 12.8 Å². The maximum absolute atomic E-state index is 12.1. The van der Waals surface area contributed by atoms with Crippen molar-refractivity contribution in [2.45, 2.75) is 58.9 Å². The van der Waals surface area contributed by atoms with E-state index >= 15 is 0 Å². The van der Waals surface area contributed by atoms with Gasteiger partial charge in [-0.15, -0.1) is 0 Å². The fraction of sp³-hybridized carbons (Fsp3) is 0.409. The highest BCUT2D eigenvalue weighted by atomic mass is 28.1. The van der Waals surface area contributed by atoms with Crippen LogP contribution < -0.4 is 0 Å². The predicted molar refractivity (Wildman–Crippen MR) is 112 cm³/mol. The summed E-state index contributed by atoms with van der Waals surface area (Å²) < 4.78 is 0. The second kappa shape index (κ2) is 9.04. The number of hydrogen-bond acceptors (Lipinski definition) is 2. The zero-order valence-electron chi connectivity index (χ0n) is 16.4. The summed E-state index contributed by atoms with van der Waals surface area (Å²) in [6.07, 6.45) is 4.85. The van der Waals surface area contributed by atoms with Crippen molar-refractivity contribution in [1.82, 2.24) is 0 Å². The maximum Gasteiger partial charge on any atom is 0.336 e. The van der Waals surface area contributed by atoms with Gasteiger partial charge in [-0.05, 0) is 78.6 Å². The number of carboxylic acids is 1. The van der Waals surface area contributed by atoms with Crippen LogP contribution in [0.3, 0.4) is 0 Å². The molecule has 2 rings (SSSR count). The van der Waals surface area contributed by atoms with Gasteiger partial charge >= 0.3 is 5.97 Å². The molecule has 0 aliphatic heterocycles. The highest BCUT2D eigenvalue weighted by molar-refractivity contribution is 6.08. The average Bonchev–Trinajstić information content (AvgIpc) is 2.61. The molecule has 0 spiro atoms. The first kappa shape index (κ1) is 20.2. The SMILES string of the molecule is CCCCc1c(CCC[SiH3])c(-c2ccc(O)cc2)c(C)c(C)c1C(=O)O. The smallest absolute Gasteiger partial charge is 0.336 e. The van der Waals surface area contributed by atoms with E-state index in [-0.39, 0.29) is 5.75 Å². The lowest BCUT2D eigenvalue weighted by Crippen LogP contribution is -2.13. The lowest BCUT2D eigenvalue weighted by Gasteiger charge is -2.23. The third-order valence-corrected chi connectivity index (χ3v) is 5.92. The predicted octanol–water partition coefficient (Wildman–Crippen LogP) is 4.43. The molecule has 0 heterocycles. The Bertz CT molecular complexity index is 779. The number of rotatable bonds is 8. The van der Waals surface area contributed by atoms with Gasteiger partial charge in [-0.3, -0.25) is 0 Å². The molecule has 0 fully saturated rings. The molecule has 0 radical (unpaired) electrons. The van der Waals surface area contributed by atoms with Crippen molar-refractivity contribution >= 4 is 16.2 Å². The minimum Gasteiger partial charge on any atom is -0.508 e. The molecule has 3 nitrogen and oxygen atoms in total. The van der Waals surface area contributed by atoms with E-state index < -0.39 is 5.97 Å². The molecule has 0 aliphatic rings. The van der Waals surface area contributed by atoms with E-state index in [1.54, 1.807) is 12.1 Å². The summed E-state index contributed by atoms with van der Waals surface area (Å²) in [7, 11) is 1.16. The molecule has 0 unspecified atom stereocenters. The maximum atomic E-state index is 12.1. The number of hydrogen-bond donors (Lipinski definition) is 2. The number of unbranched alkanes of at least 4 members (excludes halogenated alkanes) is 1. The van der Waals surface area contributed by atoms with Gasteiger partial charge < -0.3 is 10.2 Å². The van der Waals surface area contributed by atoms with Crippen molar-refractivity contribution in [3.8, 4) is 16.9 Å². The molecule has 26 heavy (non-hydrogen) atoms. The Morgan fingerprint density at radius 2 is 1.62 bits per heavy atom. The lowest BCUT2D eigenvalue weighted by atomic mass is 9.81. The largest absolute Gasteiger partial charge is 0.508 e. The van der Waals surface area contributed by atoms with E-state index in [1.807, 2.05) is 26.0 Å². The van der Waals surface area contributed by atoms with E-state index in [0.29, 0.717) is 5.56 Å². The zero-order chi connectivity index (χ0) is 19.3. The van der Waals surface area contributed by atoms with Crippen molar-refractivity contribution in [1.29, 1.82) is 0 Å². The Hall–Kier alpha value is -2.07. The molecule has 0 aromatic heterocycles. The van der Waals surface area contributed by atoms with Crippen LogP contribution in [0.5, 0.6) is 5.75 Å². The number of benzene rings is 2. The third kappa shape index (κ3) is 4.18. The first-order valence-electron chi connectivity index (χ1n) is 9.59. The van der Waals surface area contributed by atoms with Gasteiger partial charge in [-0.2, -0.15) is 0 Å². The van der Waals surface area contributed by atoms with E-state index in [4.69, 9.17) is 0 Å². The second-order valence-electron chi connectivity index (χ2n) is 7.02. The Morgan fingerprint density at radius 1 is 1.00 bits per heavy atom. The third-order valence-electron chi connectivity index (χ3n) is 5.21. The Kier molecular flexibility index (Phi) is 7.03. The first-order chi connectivity index (χ1) is 12.4. The van der Waals surface area contributed by atoms with Crippen molar-refractivity contribution in [3.05, 3.63) is 52.1 Å². The van der Waals surface area contributed by atoms with Crippen LogP contribution in [-0.4, -0.2) is 26.4 Å². The summed E-state index contributed by atoms with van der Waals surface area (Å²) in [5.74, 6) is -0.571. The standard InChI is InChI=1S/C22H30O3Si/c1-4-5-7-19-18(8-6-13-26)20(16-9-11-17(23)12-10-16)14(2)15(3)21(19)22(24)25/h9-12,23H,4-8,13H2,1-3,26H3,(H,24,25). The number of aromatic hydroxyl groups is 1. The molecular formula is C22H30O3Si. The van der Waals surface area contributed by atoms with Crippen molar-refractivity contribution < 1.29 is 15.0 Å². The highest BCUT2D eigenvalue weighted by Gasteiger charge is 2.23. The molecule has 0 aliphatic carbocycles. The van der Waals surface area contributed by atoms with Crippen molar-refractivity contribution in [2.75, 3.05) is 0 Å². The molecule has 2 N–H and O–H groups in total. The highest BCUT2D eigenvalue weighted by Crippen LogP contribution is 2.37. The van der Waals surface area contributed by atoms with E-state index in [1.165, 1.54) is 11.6 Å². The lowest BCUT2D eigenvalue weighted by molar-refractivity contribution is 0.0694. The molecule has 0 bridgehead atoms. The molecule has 2 aromatic carbocycles. The molecule has 0 saturated heterocycles. The van der Waals surface area contributed by atoms with E-state index in [9.17, 15) is 15.0 Å². The number of phenolic OH excluding ortho intramolecular Hbond substituents is 1. The number of aromatic carboxylic acids is 1. The van der Waals surface area contributed by atoms with Crippen LogP contribution >= 0.6 is 0 Å². The van der Waals surface area contributed by atoms with Gasteiger partial charge in [0, 0.05) is 10.2 Å². The monoisotopic (exact) mass is 370 g/mol. The minimum absolute atomic E-state index is 0.248. The van der Waals surface area contributed by atoms with Gasteiger partial charge in [-0.25, -0.2) is 4.79 Å². The van der Waals surface area contributed by atoms with E-state index in [2.05, 4.69) is 6.92 Å². The first-order valence-corrected chi connectivity index (χ1v) is 11.0. The van der Waals surface area contributed by atoms with Crippen LogP contribution in [0.4, 0.5) is 0 Å². The quantitative estimate of drug-likeness (QED) is 0.676. The molecule has 0 saturated carbocycles. The van der Waals surface area contributed by atoms with Crippen LogP contribution in [0.15, 0.2) is 24.3 Å². The van der Waals surface area contributed by atoms with Crippen LogP contribution in [0, 0.1) is 13.8 Å². The summed E-state index contributed by atoms with van der Waals surface area (Å²) in [5.41, 5.74) is 6.83. The average molecular weight is 371 g/mol. The van der Waals surface area contributed by atoms with Gasteiger partial charge in [0.05, 0.1) is 5.56 Å². The van der Waals surface area contributed by atoms with Crippen molar-refractivity contribution in [3.63, 3.8) is 0 Å². The molecule has 4 heteroatoms. The summed E-state index contributed by atoms with van der Waals surface area (Å²) in [6.45, 7) is 6.09. The normalized spacial score (nSPS) is 11.0. The summed E-state index contributed by atoms with van der Waals surface area (Å²) in [6, 6.07) is 8.49. The Balaban J connectivity index is 2.81. The minimum atomic E-state index is -0.818. The van der Waals surface area contributed by atoms with Crippen molar-refractivity contribution in [2.24, 2.45) is 0 Å². The fourth-order valence-electron chi connectivity index (χ4n) is 3.70. The van der Waals surface area contributed by atoms with Gasteiger partial charge in [-0.1, -0.05) is 37.9 Å². The van der Waals surface area contributed by atoms with Crippen LogP contribution in [0.1, 0.15) is 58.8 Å². The van der Waals surface area contributed by atoms with Gasteiger partial charge in [0.1, 0.15) is 5.75 Å². The van der Waals surface area contributed by atoms with Gasteiger partial charge in [0.2, 0.25) is 0 Å². The molecular weight excluding hydrogens is 340 g/mol. The van der Waals surface area contributed by atoms with Crippen LogP contribution in [0.25, 0.3) is 11.1 Å². The number of phenols is 1. The number of carbonyl (C=O) groups is 1. The molecule has 0 atom stereocenters. The Morgan fingerprint density at radius 3 is 2.15 bits per heavy atom. The second-order valence-corrected chi connectivity index (χ2v) is 8.02. The number of carboxylic acid groups (broad SMARTS) is 1. The summed E-state index contributed by atoms with van der Waals surface area (Å²) >= 11 is 0. The molecule has 2 aromatic rings. The molecule has 140 valence electrons. The van der Waals surface area contributed by atoms with Crippen LogP contribution in [0.2, 0.25) is 6.04 Å². The fourth-order valence-corrected chi connectivity index (χ4v) is 4.05. The summed E-state index contributed by atoms with van der Waals surface area (Å²) in [4.78, 5) is 12.1. The zero-order valence-corrected chi connectivity index (χ0v) is 18.4. The van der Waals surface area contributed by atoms with Gasteiger partial charge in [0.25, 0.3) is 0 Å². The Labute approximate surface area is 159 Å². The van der Waals surface area contributed by atoms with E-state index in [0.717, 1.165) is 70.2 Å². The molecule has 0 amide bonds. The topological polar surface area (TPSA) is 57.5 Å².